The SMILES string of the molecule is O=C1Cc2ccc(C(=O)NC3CCC(O)CC3)cc2N1. The summed E-state index contributed by atoms with van der Waals surface area (Å²) in [5, 5.41) is 15.2. The predicted molar refractivity (Wildman–Crippen MR) is 74.5 cm³/mol. The van der Waals surface area contributed by atoms with Crippen LogP contribution in [0.4, 0.5) is 5.69 Å². The second kappa shape index (κ2) is 5.25. The lowest BCUT2D eigenvalue weighted by Gasteiger charge is -2.26. The highest BCUT2D eigenvalue weighted by Gasteiger charge is 2.23. The summed E-state index contributed by atoms with van der Waals surface area (Å²) in [5.74, 6) is -0.144. The number of amides is 2. The van der Waals surface area contributed by atoms with E-state index in [4.69, 9.17) is 0 Å². The van der Waals surface area contributed by atoms with Crippen molar-refractivity contribution < 1.29 is 14.7 Å². The molecule has 1 aliphatic heterocycles. The molecule has 1 fully saturated rings. The number of aliphatic hydroxyl groups is 1. The van der Waals surface area contributed by atoms with E-state index in [0.717, 1.165) is 36.9 Å². The maximum atomic E-state index is 12.2. The number of fused-ring (bicyclic) bond motifs is 1. The highest BCUT2D eigenvalue weighted by molar-refractivity contribution is 6.02. The molecule has 1 aromatic carbocycles. The quantitative estimate of drug-likeness (QED) is 0.758. The Morgan fingerprint density at radius 1 is 1.25 bits per heavy atom. The summed E-state index contributed by atoms with van der Waals surface area (Å²) in [6.45, 7) is 0. The molecular weight excluding hydrogens is 256 g/mol. The third-order valence-electron chi connectivity index (χ3n) is 4.03. The van der Waals surface area contributed by atoms with Gasteiger partial charge in [-0.3, -0.25) is 9.59 Å². The zero-order chi connectivity index (χ0) is 14.1. The first-order valence-corrected chi connectivity index (χ1v) is 7.03. The fraction of sp³-hybridized carbons (Fsp3) is 0.467. The molecule has 5 heteroatoms. The number of carbonyl (C=O) groups excluding carboxylic acids is 2. The van der Waals surface area contributed by atoms with E-state index in [2.05, 4.69) is 10.6 Å². The largest absolute Gasteiger partial charge is 0.393 e. The second-order valence-corrected chi connectivity index (χ2v) is 5.58. The van der Waals surface area contributed by atoms with Crippen molar-refractivity contribution in [3.63, 3.8) is 0 Å². The van der Waals surface area contributed by atoms with Crippen molar-refractivity contribution in [2.45, 2.75) is 44.2 Å². The van der Waals surface area contributed by atoms with Gasteiger partial charge in [-0.1, -0.05) is 6.07 Å². The van der Waals surface area contributed by atoms with Crippen LogP contribution in [0.1, 0.15) is 41.6 Å². The Morgan fingerprint density at radius 2 is 2.00 bits per heavy atom. The average molecular weight is 274 g/mol. The van der Waals surface area contributed by atoms with Gasteiger partial charge >= 0.3 is 0 Å². The number of benzene rings is 1. The standard InChI is InChI=1S/C15H18N2O3/c18-12-5-3-11(4-6-12)16-15(20)10-2-1-9-8-14(19)17-13(9)7-10/h1-2,7,11-12,18H,3-6,8H2,(H,16,20)(H,17,19). The van der Waals surface area contributed by atoms with E-state index in [1.54, 1.807) is 12.1 Å². The molecular formula is C15H18N2O3. The van der Waals surface area contributed by atoms with Crippen LogP contribution >= 0.6 is 0 Å². The van der Waals surface area contributed by atoms with Gasteiger partial charge in [-0.2, -0.15) is 0 Å². The van der Waals surface area contributed by atoms with Gasteiger partial charge in [0, 0.05) is 17.3 Å². The number of hydrogen-bond acceptors (Lipinski definition) is 3. The van der Waals surface area contributed by atoms with Gasteiger partial charge in [0.15, 0.2) is 0 Å². The van der Waals surface area contributed by atoms with Crippen molar-refractivity contribution in [3.8, 4) is 0 Å². The Bertz CT molecular complexity index is 548. The molecule has 0 unspecified atom stereocenters. The smallest absolute Gasteiger partial charge is 0.251 e. The van der Waals surface area contributed by atoms with Crippen molar-refractivity contribution in [1.29, 1.82) is 0 Å². The van der Waals surface area contributed by atoms with Crippen LogP contribution in [0.15, 0.2) is 18.2 Å². The van der Waals surface area contributed by atoms with E-state index in [-0.39, 0.29) is 24.0 Å². The Hall–Kier alpha value is -1.88. The molecule has 106 valence electrons. The van der Waals surface area contributed by atoms with E-state index in [1.165, 1.54) is 0 Å². The molecule has 0 atom stereocenters. The van der Waals surface area contributed by atoms with Crippen LogP contribution in [0.3, 0.4) is 0 Å². The zero-order valence-electron chi connectivity index (χ0n) is 11.2. The molecule has 1 aliphatic carbocycles. The number of carbonyl (C=O) groups is 2. The number of hydrogen-bond donors (Lipinski definition) is 3. The van der Waals surface area contributed by atoms with Crippen molar-refractivity contribution in [2.75, 3.05) is 5.32 Å². The van der Waals surface area contributed by atoms with Crippen LogP contribution in [-0.2, 0) is 11.2 Å². The molecule has 0 radical (unpaired) electrons. The normalized spacial score (nSPS) is 24.9. The zero-order valence-corrected chi connectivity index (χ0v) is 11.2. The van der Waals surface area contributed by atoms with Crippen LogP contribution in [0.2, 0.25) is 0 Å². The van der Waals surface area contributed by atoms with Gasteiger partial charge in [-0.05, 0) is 43.4 Å². The van der Waals surface area contributed by atoms with Gasteiger partial charge in [0.25, 0.3) is 5.91 Å². The third kappa shape index (κ3) is 2.67. The van der Waals surface area contributed by atoms with Crippen molar-refractivity contribution >= 4 is 17.5 Å². The van der Waals surface area contributed by atoms with Crippen LogP contribution in [0.5, 0.6) is 0 Å². The number of rotatable bonds is 2. The molecule has 0 bridgehead atoms. The van der Waals surface area contributed by atoms with Crippen LogP contribution in [-0.4, -0.2) is 29.1 Å². The fourth-order valence-corrected chi connectivity index (χ4v) is 2.84. The van der Waals surface area contributed by atoms with E-state index in [9.17, 15) is 14.7 Å². The highest BCUT2D eigenvalue weighted by Crippen LogP contribution is 2.24. The molecule has 0 spiro atoms. The first-order valence-electron chi connectivity index (χ1n) is 7.03. The molecule has 1 aromatic rings. The van der Waals surface area contributed by atoms with Gasteiger partial charge in [-0.25, -0.2) is 0 Å². The lowest BCUT2D eigenvalue weighted by molar-refractivity contribution is -0.115. The lowest BCUT2D eigenvalue weighted by Crippen LogP contribution is -2.38. The Morgan fingerprint density at radius 3 is 2.75 bits per heavy atom. The second-order valence-electron chi connectivity index (χ2n) is 5.58. The highest BCUT2D eigenvalue weighted by atomic mass is 16.3. The Balaban J connectivity index is 1.66. The first kappa shape index (κ1) is 13.1. The van der Waals surface area contributed by atoms with Gasteiger partial charge in [0.05, 0.1) is 12.5 Å². The first-order chi connectivity index (χ1) is 9.61. The minimum atomic E-state index is -0.224. The third-order valence-corrected chi connectivity index (χ3v) is 4.03. The van der Waals surface area contributed by atoms with E-state index in [0.29, 0.717) is 12.0 Å². The minimum Gasteiger partial charge on any atom is -0.393 e. The maximum Gasteiger partial charge on any atom is 0.251 e. The summed E-state index contributed by atoms with van der Waals surface area (Å²) in [6, 6.07) is 5.44. The van der Waals surface area contributed by atoms with Gasteiger partial charge in [0.2, 0.25) is 5.91 Å². The molecule has 1 heterocycles. The van der Waals surface area contributed by atoms with E-state index < -0.39 is 0 Å². The van der Waals surface area contributed by atoms with Crippen molar-refractivity contribution in [1.82, 2.24) is 5.32 Å². The van der Waals surface area contributed by atoms with E-state index in [1.807, 2.05) is 6.07 Å². The molecule has 3 rings (SSSR count). The number of nitrogens with one attached hydrogen (secondary N) is 2. The minimum absolute atomic E-state index is 0.0289. The van der Waals surface area contributed by atoms with Crippen LogP contribution in [0, 0.1) is 0 Å². The molecule has 2 aliphatic rings. The molecule has 5 nitrogen and oxygen atoms in total. The summed E-state index contributed by atoms with van der Waals surface area (Å²) in [4.78, 5) is 23.5. The monoisotopic (exact) mass is 274 g/mol. The van der Waals surface area contributed by atoms with Gasteiger partial charge in [-0.15, -0.1) is 0 Å². The van der Waals surface area contributed by atoms with Gasteiger partial charge in [0.1, 0.15) is 0 Å². The fourth-order valence-electron chi connectivity index (χ4n) is 2.84. The molecule has 3 N–H and O–H groups in total. The maximum absolute atomic E-state index is 12.2. The van der Waals surface area contributed by atoms with Crippen LogP contribution in [0.25, 0.3) is 0 Å². The van der Waals surface area contributed by atoms with Crippen molar-refractivity contribution in [2.24, 2.45) is 0 Å². The summed E-state index contributed by atoms with van der Waals surface area (Å²) in [5.41, 5.74) is 2.24. The average Bonchev–Trinajstić information content (AvgIpc) is 2.80. The molecule has 1 saturated carbocycles. The topological polar surface area (TPSA) is 78.4 Å². The molecule has 0 saturated heterocycles. The lowest BCUT2D eigenvalue weighted by atomic mass is 9.93. The number of aliphatic hydroxyl groups excluding tert-OH is 1. The van der Waals surface area contributed by atoms with Crippen molar-refractivity contribution in [3.05, 3.63) is 29.3 Å². The molecule has 2 amide bonds. The number of anilines is 1. The Kier molecular flexibility index (Phi) is 3.44. The molecule has 0 aromatic heterocycles. The van der Waals surface area contributed by atoms with Gasteiger partial charge < -0.3 is 15.7 Å². The summed E-state index contributed by atoms with van der Waals surface area (Å²) >= 11 is 0. The van der Waals surface area contributed by atoms with E-state index >= 15 is 0 Å². The summed E-state index contributed by atoms with van der Waals surface area (Å²) in [7, 11) is 0. The molecule has 20 heavy (non-hydrogen) atoms. The Labute approximate surface area is 117 Å². The summed E-state index contributed by atoms with van der Waals surface area (Å²) < 4.78 is 0. The predicted octanol–water partition coefficient (Wildman–Crippen LogP) is 1.21. The summed E-state index contributed by atoms with van der Waals surface area (Å²) in [6.07, 6.45) is 3.27. The van der Waals surface area contributed by atoms with Crippen LogP contribution < -0.4 is 10.6 Å².